The van der Waals surface area contributed by atoms with E-state index in [9.17, 15) is 4.79 Å². The average Bonchev–Trinajstić information content (AvgIpc) is 2.88. The van der Waals surface area contributed by atoms with Crippen LogP contribution < -0.4 is 0 Å². The second kappa shape index (κ2) is 7.13. The Labute approximate surface area is 136 Å². The van der Waals surface area contributed by atoms with Crippen LogP contribution in [0, 0.1) is 0 Å². The fourth-order valence-corrected chi connectivity index (χ4v) is 3.24. The van der Waals surface area contributed by atoms with Gasteiger partial charge in [0.05, 0.1) is 11.8 Å². The maximum absolute atomic E-state index is 10.8. The van der Waals surface area contributed by atoms with Crippen LogP contribution in [0.4, 0.5) is 0 Å². The molecule has 6 heteroatoms. The first kappa shape index (κ1) is 16.1. The number of nitrogens with zero attached hydrogens (tertiary/aromatic N) is 2. The molecule has 0 radical (unpaired) electrons. The molecule has 112 valence electrons. The molecule has 1 heterocycles. The fraction of sp³-hybridized carbons (Fsp3) is 0.333. The molecule has 0 amide bonds. The summed E-state index contributed by atoms with van der Waals surface area (Å²) in [6, 6.07) is 8.28. The monoisotopic (exact) mass is 368 g/mol. The van der Waals surface area contributed by atoms with E-state index in [0.717, 1.165) is 21.7 Å². The summed E-state index contributed by atoms with van der Waals surface area (Å²) in [5.74, 6) is -0.809. The predicted molar refractivity (Wildman–Crippen MR) is 87.9 cm³/mol. The first-order valence-corrected chi connectivity index (χ1v) is 8.47. The largest absolute Gasteiger partial charge is 0.481 e. The molecular formula is C15H17BrN2O2S. The molecule has 21 heavy (non-hydrogen) atoms. The van der Waals surface area contributed by atoms with Gasteiger partial charge in [-0.1, -0.05) is 46.7 Å². The van der Waals surface area contributed by atoms with Gasteiger partial charge >= 0.3 is 5.97 Å². The maximum Gasteiger partial charge on any atom is 0.313 e. The van der Waals surface area contributed by atoms with Crippen LogP contribution in [0.25, 0.3) is 0 Å². The van der Waals surface area contributed by atoms with E-state index in [2.05, 4.69) is 51.5 Å². The third-order valence-corrected chi connectivity index (χ3v) is 4.75. The predicted octanol–water partition coefficient (Wildman–Crippen LogP) is 3.99. The van der Waals surface area contributed by atoms with Crippen molar-refractivity contribution in [1.82, 2.24) is 9.55 Å². The van der Waals surface area contributed by atoms with Crippen LogP contribution in [-0.4, -0.2) is 26.4 Å². The smallest absolute Gasteiger partial charge is 0.313 e. The summed E-state index contributed by atoms with van der Waals surface area (Å²) in [4.78, 5) is 15.2. The van der Waals surface area contributed by atoms with Crippen molar-refractivity contribution in [2.24, 2.45) is 0 Å². The van der Waals surface area contributed by atoms with Crippen molar-refractivity contribution in [3.63, 3.8) is 0 Å². The summed E-state index contributed by atoms with van der Waals surface area (Å²) < 4.78 is 3.16. The molecule has 4 nitrogen and oxygen atoms in total. The Morgan fingerprint density at radius 2 is 2.10 bits per heavy atom. The molecule has 0 saturated heterocycles. The highest BCUT2D eigenvalue weighted by atomic mass is 79.9. The van der Waals surface area contributed by atoms with Crippen molar-refractivity contribution < 1.29 is 9.90 Å². The third-order valence-electron chi connectivity index (χ3n) is 3.27. The molecule has 1 unspecified atom stereocenters. The van der Waals surface area contributed by atoms with Gasteiger partial charge in [-0.25, -0.2) is 4.98 Å². The number of benzene rings is 1. The van der Waals surface area contributed by atoms with E-state index in [1.54, 1.807) is 0 Å². The number of aromatic nitrogens is 2. The highest BCUT2D eigenvalue weighted by molar-refractivity contribution is 9.10. The molecule has 1 N–H and O–H groups in total. The maximum atomic E-state index is 10.8. The summed E-state index contributed by atoms with van der Waals surface area (Å²) in [5.41, 5.74) is 2.28. The van der Waals surface area contributed by atoms with Crippen molar-refractivity contribution in [2.45, 2.75) is 31.5 Å². The highest BCUT2D eigenvalue weighted by Gasteiger charge is 2.17. The zero-order chi connectivity index (χ0) is 15.4. The molecule has 0 aliphatic heterocycles. The van der Waals surface area contributed by atoms with Gasteiger partial charge in [0, 0.05) is 16.4 Å². The van der Waals surface area contributed by atoms with Crippen molar-refractivity contribution in [3.8, 4) is 0 Å². The van der Waals surface area contributed by atoms with Gasteiger partial charge < -0.3 is 9.67 Å². The van der Waals surface area contributed by atoms with Gasteiger partial charge in [0.1, 0.15) is 0 Å². The number of carboxylic acid groups (broad SMARTS) is 1. The number of imidazole rings is 1. The molecule has 1 aromatic carbocycles. The van der Waals surface area contributed by atoms with E-state index in [1.165, 1.54) is 17.3 Å². The number of rotatable bonds is 6. The number of aryl methyl sites for hydroxylation is 1. The number of carbonyl (C=O) groups is 1. The van der Waals surface area contributed by atoms with Gasteiger partial charge in [-0.3, -0.25) is 4.79 Å². The molecule has 1 atom stereocenters. The number of thioether (sulfide) groups is 1. The Kier molecular flexibility index (Phi) is 5.47. The van der Waals surface area contributed by atoms with Crippen molar-refractivity contribution in [2.75, 3.05) is 5.75 Å². The standard InChI is InChI=1S/C15H17BrN2O2S/c1-3-13-8-17-15(21-9-14(19)20)18(13)10(2)11-4-6-12(16)7-5-11/h4-8,10H,3,9H2,1-2H3,(H,19,20). The lowest BCUT2D eigenvalue weighted by atomic mass is 10.1. The average molecular weight is 369 g/mol. The Morgan fingerprint density at radius 1 is 1.43 bits per heavy atom. The molecular weight excluding hydrogens is 352 g/mol. The molecule has 0 saturated carbocycles. The van der Waals surface area contributed by atoms with E-state index in [0.29, 0.717) is 0 Å². The molecule has 0 fully saturated rings. The molecule has 0 aliphatic rings. The minimum atomic E-state index is -0.830. The zero-order valence-electron chi connectivity index (χ0n) is 11.9. The zero-order valence-corrected chi connectivity index (χ0v) is 14.3. The van der Waals surface area contributed by atoms with Crippen molar-refractivity contribution in [3.05, 3.63) is 46.2 Å². The summed E-state index contributed by atoms with van der Waals surface area (Å²) in [6.45, 7) is 4.18. The Bertz CT molecular complexity index is 625. The SMILES string of the molecule is CCc1cnc(SCC(=O)O)n1C(C)c1ccc(Br)cc1. The van der Waals surface area contributed by atoms with Crippen molar-refractivity contribution in [1.29, 1.82) is 0 Å². The number of aliphatic carboxylic acids is 1. The van der Waals surface area contributed by atoms with Gasteiger partial charge in [-0.15, -0.1) is 0 Å². The van der Waals surface area contributed by atoms with Crippen molar-refractivity contribution >= 4 is 33.7 Å². The molecule has 1 aromatic heterocycles. The Hall–Kier alpha value is -1.27. The summed E-state index contributed by atoms with van der Waals surface area (Å²) >= 11 is 4.70. The van der Waals surface area contributed by atoms with E-state index in [1.807, 2.05) is 18.3 Å². The van der Waals surface area contributed by atoms with Crippen LogP contribution in [0.2, 0.25) is 0 Å². The van der Waals surface area contributed by atoms with Crippen LogP contribution >= 0.6 is 27.7 Å². The van der Waals surface area contributed by atoms with Crippen LogP contribution in [0.5, 0.6) is 0 Å². The second-order valence-corrected chi connectivity index (χ2v) is 6.52. The van der Waals surface area contributed by atoms with Gasteiger partial charge in [0.25, 0.3) is 0 Å². The highest BCUT2D eigenvalue weighted by Crippen LogP contribution is 2.28. The second-order valence-electron chi connectivity index (χ2n) is 4.67. The normalized spacial score (nSPS) is 12.3. The number of carboxylic acids is 1. The van der Waals surface area contributed by atoms with Gasteiger partial charge in [-0.05, 0) is 31.0 Å². The number of halogens is 1. The van der Waals surface area contributed by atoms with Crippen LogP contribution in [0.15, 0.2) is 40.1 Å². The lowest BCUT2D eigenvalue weighted by Gasteiger charge is -2.19. The topological polar surface area (TPSA) is 55.1 Å². The molecule has 0 spiro atoms. The quantitative estimate of drug-likeness (QED) is 0.783. The van der Waals surface area contributed by atoms with Gasteiger partial charge in [0.15, 0.2) is 5.16 Å². The lowest BCUT2D eigenvalue weighted by Crippen LogP contribution is -2.12. The Balaban J connectivity index is 2.33. The van der Waals surface area contributed by atoms with E-state index in [-0.39, 0.29) is 11.8 Å². The summed E-state index contributed by atoms with van der Waals surface area (Å²) in [7, 11) is 0. The van der Waals surface area contributed by atoms with Crippen LogP contribution in [0.1, 0.15) is 31.1 Å². The van der Waals surface area contributed by atoms with E-state index >= 15 is 0 Å². The first-order chi connectivity index (χ1) is 10.0. The van der Waals surface area contributed by atoms with E-state index < -0.39 is 5.97 Å². The van der Waals surface area contributed by atoms with Gasteiger partial charge in [0.2, 0.25) is 0 Å². The Morgan fingerprint density at radius 3 is 2.67 bits per heavy atom. The molecule has 2 rings (SSSR count). The summed E-state index contributed by atoms with van der Waals surface area (Å²) in [5, 5.41) is 9.61. The minimum Gasteiger partial charge on any atom is -0.481 e. The van der Waals surface area contributed by atoms with Gasteiger partial charge in [-0.2, -0.15) is 0 Å². The summed E-state index contributed by atoms with van der Waals surface area (Å²) in [6.07, 6.45) is 2.70. The molecule has 0 bridgehead atoms. The fourth-order valence-electron chi connectivity index (χ4n) is 2.18. The third kappa shape index (κ3) is 3.89. The lowest BCUT2D eigenvalue weighted by molar-refractivity contribution is -0.133. The number of hydrogen-bond acceptors (Lipinski definition) is 3. The van der Waals surface area contributed by atoms with Crippen LogP contribution in [-0.2, 0) is 11.2 Å². The van der Waals surface area contributed by atoms with Crippen LogP contribution in [0.3, 0.4) is 0 Å². The van der Waals surface area contributed by atoms with E-state index in [4.69, 9.17) is 5.11 Å². The minimum absolute atomic E-state index is 0.0211. The molecule has 0 aliphatic carbocycles. The first-order valence-electron chi connectivity index (χ1n) is 6.69. The number of hydrogen-bond donors (Lipinski definition) is 1. The molecule has 2 aromatic rings.